The van der Waals surface area contributed by atoms with Crippen LogP contribution < -0.4 is 0 Å². The molecule has 0 heterocycles. The Morgan fingerprint density at radius 2 is 1.86 bits per heavy atom. The number of hydrogen-bond acceptors (Lipinski definition) is 2. The van der Waals surface area contributed by atoms with E-state index < -0.39 is 32.6 Å². The predicted molar refractivity (Wildman–Crippen MR) is 48.1 cm³/mol. The van der Waals surface area contributed by atoms with Crippen molar-refractivity contribution in [2.45, 2.75) is 6.43 Å². The number of benzene rings is 1. The van der Waals surface area contributed by atoms with Crippen molar-refractivity contribution >= 4 is 28.9 Å². The molecule has 0 aliphatic rings. The largest absolute Gasteiger partial charge is 0.289 e. The molecule has 0 fully saturated rings. The summed E-state index contributed by atoms with van der Waals surface area (Å²) in [6.07, 6.45) is -2.80. The average molecular weight is 242 g/mol. The van der Waals surface area contributed by atoms with E-state index >= 15 is 0 Å². The van der Waals surface area contributed by atoms with E-state index in [2.05, 4.69) is 0 Å². The molecule has 0 saturated carbocycles. The summed E-state index contributed by atoms with van der Waals surface area (Å²) in [5, 5.41) is 9.39. The van der Waals surface area contributed by atoms with Crippen LogP contribution in [0.2, 0.25) is 10.0 Å². The van der Waals surface area contributed by atoms with Crippen LogP contribution in [0.15, 0.2) is 12.1 Å². The first-order valence-corrected chi connectivity index (χ1v) is 4.11. The van der Waals surface area contributed by atoms with Crippen LogP contribution in [-0.4, -0.2) is 4.92 Å². The molecular weight excluding hydrogens is 239 g/mol. The fourth-order valence-electron chi connectivity index (χ4n) is 0.864. The first kappa shape index (κ1) is 11.1. The van der Waals surface area contributed by atoms with E-state index in [0.717, 1.165) is 12.1 Å². The molecule has 0 aromatic heterocycles. The lowest BCUT2D eigenvalue weighted by Crippen LogP contribution is -1.93. The van der Waals surface area contributed by atoms with Crippen molar-refractivity contribution in [3.05, 3.63) is 37.9 Å². The third kappa shape index (κ3) is 1.93. The van der Waals surface area contributed by atoms with Crippen molar-refractivity contribution in [3.8, 4) is 0 Å². The minimum Gasteiger partial charge on any atom is -0.258 e. The van der Waals surface area contributed by atoms with Crippen LogP contribution in [0, 0.1) is 10.1 Å². The fourth-order valence-corrected chi connectivity index (χ4v) is 1.35. The SMILES string of the molecule is O=[N+]([O-])c1ccc(C(F)F)c(Cl)c1Cl. The van der Waals surface area contributed by atoms with Gasteiger partial charge in [-0.3, -0.25) is 10.1 Å². The zero-order chi connectivity index (χ0) is 10.9. The van der Waals surface area contributed by atoms with Crippen LogP contribution in [0.25, 0.3) is 0 Å². The van der Waals surface area contributed by atoms with Gasteiger partial charge in [0, 0.05) is 11.6 Å². The highest BCUT2D eigenvalue weighted by atomic mass is 35.5. The molecule has 3 nitrogen and oxygen atoms in total. The quantitative estimate of drug-likeness (QED) is 0.584. The molecule has 0 bridgehead atoms. The van der Waals surface area contributed by atoms with Gasteiger partial charge in [-0.25, -0.2) is 8.78 Å². The molecule has 1 rings (SSSR count). The zero-order valence-corrected chi connectivity index (χ0v) is 8.02. The fraction of sp³-hybridized carbons (Fsp3) is 0.143. The van der Waals surface area contributed by atoms with E-state index in [1.165, 1.54) is 0 Å². The zero-order valence-electron chi connectivity index (χ0n) is 6.51. The van der Waals surface area contributed by atoms with Gasteiger partial charge in [0.15, 0.2) is 0 Å². The van der Waals surface area contributed by atoms with E-state index in [0.29, 0.717) is 0 Å². The monoisotopic (exact) mass is 241 g/mol. The Hall–Kier alpha value is -0.940. The molecule has 1 aromatic carbocycles. The number of alkyl halides is 2. The number of rotatable bonds is 2. The molecule has 0 aliphatic carbocycles. The van der Waals surface area contributed by atoms with Gasteiger partial charge in [0.1, 0.15) is 5.02 Å². The van der Waals surface area contributed by atoms with Crippen LogP contribution in [-0.2, 0) is 0 Å². The van der Waals surface area contributed by atoms with Gasteiger partial charge >= 0.3 is 0 Å². The molecule has 7 heteroatoms. The summed E-state index contributed by atoms with van der Waals surface area (Å²) < 4.78 is 24.5. The lowest BCUT2D eigenvalue weighted by molar-refractivity contribution is -0.384. The van der Waals surface area contributed by atoms with Gasteiger partial charge in [-0.15, -0.1) is 0 Å². The highest BCUT2D eigenvalue weighted by molar-refractivity contribution is 6.43. The number of hydrogen-bond donors (Lipinski definition) is 0. The van der Waals surface area contributed by atoms with Gasteiger partial charge in [-0.05, 0) is 6.07 Å². The molecule has 0 amide bonds. The minimum atomic E-state index is -2.80. The van der Waals surface area contributed by atoms with Crippen molar-refractivity contribution in [2.75, 3.05) is 0 Å². The second kappa shape index (κ2) is 4.06. The Bertz CT molecular complexity index is 384. The van der Waals surface area contributed by atoms with Crippen LogP contribution in [0.1, 0.15) is 12.0 Å². The van der Waals surface area contributed by atoms with E-state index in [-0.39, 0.29) is 0 Å². The van der Waals surface area contributed by atoms with E-state index in [4.69, 9.17) is 23.2 Å². The minimum absolute atomic E-state index is 0.463. The molecular formula is C7H3Cl2F2NO2. The third-order valence-electron chi connectivity index (χ3n) is 1.52. The third-order valence-corrected chi connectivity index (χ3v) is 2.41. The van der Waals surface area contributed by atoms with Crippen molar-refractivity contribution in [3.63, 3.8) is 0 Å². The maximum atomic E-state index is 12.2. The lowest BCUT2D eigenvalue weighted by Gasteiger charge is -2.04. The molecule has 0 N–H and O–H groups in total. The molecule has 14 heavy (non-hydrogen) atoms. The Labute approximate surface area is 87.4 Å². The smallest absolute Gasteiger partial charge is 0.258 e. The standard InChI is InChI=1S/C7H3Cl2F2NO2/c8-5-3(7(10)11)1-2-4(6(5)9)12(13)14/h1-2,7H. The Balaban J connectivity index is 3.33. The van der Waals surface area contributed by atoms with E-state index in [9.17, 15) is 18.9 Å². The molecule has 0 aliphatic heterocycles. The molecule has 76 valence electrons. The summed E-state index contributed by atoms with van der Waals surface area (Å²) in [5.41, 5.74) is -0.997. The summed E-state index contributed by atoms with van der Waals surface area (Å²) in [5.74, 6) is 0. The maximum absolute atomic E-state index is 12.2. The summed E-state index contributed by atoms with van der Waals surface area (Å²) >= 11 is 10.9. The van der Waals surface area contributed by atoms with Gasteiger partial charge in [0.2, 0.25) is 0 Å². The number of nitro benzene ring substituents is 1. The lowest BCUT2D eigenvalue weighted by atomic mass is 10.2. The Morgan fingerprint density at radius 1 is 1.29 bits per heavy atom. The highest BCUT2D eigenvalue weighted by Gasteiger charge is 2.21. The van der Waals surface area contributed by atoms with Gasteiger partial charge < -0.3 is 0 Å². The van der Waals surface area contributed by atoms with Crippen LogP contribution >= 0.6 is 23.2 Å². The highest BCUT2D eigenvalue weighted by Crippen LogP contribution is 2.38. The van der Waals surface area contributed by atoms with Gasteiger partial charge in [0.05, 0.1) is 9.95 Å². The van der Waals surface area contributed by atoms with Gasteiger partial charge in [-0.1, -0.05) is 23.2 Å². The second-order valence-electron chi connectivity index (χ2n) is 2.36. The Kier molecular flexibility index (Phi) is 3.23. The second-order valence-corrected chi connectivity index (χ2v) is 3.12. The van der Waals surface area contributed by atoms with Crippen LogP contribution in [0.5, 0.6) is 0 Å². The topological polar surface area (TPSA) is 43.1 Å². The first-order valence-electron chi connectivity index (χ1n) is 3.35. The molecule has 1 aromatic rings. The summed E-state index contributed by atoms with van der Waals surface area (Å²) in [4.78, 5) is 9.54. The van der Waals surface area contributed by atoms with Crippen LogP contribution in [0.4, 0.5) is 14.5 Å². The van der Waals surface area contributed by atoms with E-state index in [1.807, 2.05) is 0 Å². The first-order chi connectivity index (χ1) is 6.45. The average Bonchev–Trinajstić information content (AvgIpc) is 2.08. The molecule has 0 atom stereocenters. The maximum Gasteiger partial charge on any atom is 0.289 e. The van der Waals surface area contributed by atoms with Crippen molar-refractivity contribution in [1.29, 1.82) is 0 Å². The predicted octanol–water partition coefficient (Wildman–Crippen LogP) is 3.84. The van der Waals surface area contributed by atoms with Crippen molar-refractivity contribution in [2.24, 2.45) is 0 Å². The number of halogens is 4. The normalized spacial score (nSPS) is 10.6. The molecule has 0 radical (unpaired) electrons. The molecule has 0 spiro atoms. The summed E-state index contributed by atoms with van der Waals surface area (Å²) in [6.45, 7) is 0. The summed E-state index contributed by atoms with van der Waals surface area (Å²) in [6, 6.07) is 1.78. The van der Waals surface area contributed by atoms with Crippen molar-refractivity contribution < 1.29 is 13.7 Å². The molecule has 0 unspecified atom stereocenters. The molecule has 0 saturated heterocycles. The Morgan fingerprint density at radius 3 is 2.29 bits per heavy atom. The van der Waals surface area contributed by atoms with Gasteiger partial charge in [0.25, 0.3) is 12.1 Å². The van der Waals surface area contributed by atoms with Crippen molar-refractivity contribution in [1.82, 2.24) is 0 Å². The number of nitro groups is 1. The van der Waals surface area contributed by atoms with Gasteiger partial charge in [-0.2, -0.15) is 0 Å². The van der Waals surface area contributed by atoms with E-state index in [1.54, 1.807) is 0 Å². The summed E-state index contributed by atoms with van der Waals surface area (Å²) in [7, 11) is 0. The number of nitrogens with zero attached hydrogens (tertiary/aromatic N) is 1. The van der Waals surface area contributed by atoms with Crippen LogP contribution in [0.3, 0.4) is 0 Å².